The fourth-order valence-corrected chi connectivity index (χ4v) is 5.45. The standard InChI is InChI=1S/C31H41N5O3/c1-36(34)20-29(33)26-18-27(26)30(28(19-32)31(37)38-2)35-24-12-6-10-22(16-24)23-11-7-13-25(17-23)39-15-14-21-8-4-3-5-9-21/h6-7,10-13,16-17,19-21,26-27,32,35H,3-5,8-9,14-15,18,33-34H2,1-2H3/b29-20-,30-28+,32-19?/t26?,27-/m1/s1. The second-order valence-electron chi connectivity index (χ2n) is 10.6. The average molecular weight is 532 g/mol. The van der Waals surface area contributed by atoms with Gasteiger partial charge in [0.2, 0.25) is 0 Å². The number of benzene rings is 2. The summed E-state index contributed by atoms with van der Waals surface area (Å²) in [5, 5.41) is 12.7. The van der Waals surface area contributed by atoms with Gasteiger partial charge in [-0.05, 0) is 54.2 Å². The van der Waals surface area contributed by atoms with Crippen molar-refractivity contribution in [1.29, 1.82) is 5.41 Å². The van der Waals surface area contributed by atoms with Crippen LogP contribution in [0.15, 0.2) is 71.7 Å². The number of allylic oxidation sites excluding steroid dienone is 2. The Labute approximate surface area is 231 Å². The fourth-order valence-electron chi connectivity index (χ4n) is 5.45. The highest BCUT2D eigenvalue weighted by atomic mass is 16.5. The molecule has 0 heterocycles. The zero-order valence-corrected chi connectivity index (χ0v) is 23.0. The third-order valence-electron chi connectivity index (χ3n) is 7.61. The van der Waals surface area contributed by atoms with Gasteiger partial charge < -0.3 is 30.9 Å². The molecule has 39 heavy (non-hydrogen) atoms. The molecule has 8 nitrogen and oxygen atoms in total. The van der Waals surface area contributed by atoms with Crippen molar-refractivity contribution in [3.8, 4) is 16.9 Å². The summed E-state index contributed by atoms with van der Waals surface area (Å²) >= 11 is 0. The lowest BCUT2D eigenvalue weighted by atomic mass is 9.87. The zero-order valence-electron chi connectivity index (χ0n) is 23.0. The number of hydrazine groups is 1. The van der Waals surface area contributed by atoms with Crippen molar-refractivity contribution in [2.45, 2.75) is 44.9 Å². The van der Waals surface area contributed by atoms with Gasteiger partial charge >= 0.3 is 5.97 Å². The summed E-state index contributed by atoms with van der Waals surface area (Å²) in [4.78, 5) is 12.5. The van der Waals surface area contributed by atoms with Crippen LogP contribution in [0.4, 0.5) is 5.69 Å². The molecule has 2 aromatic carbocycles. The van der Waals surface area contributed by atoms with E-state index in [0.29, 0.717) is 11.4 Å². The molecule has 2 saturated carbocycles. The molecule has 0 aromatic heterocycles. The molecular weight excluding hydrogens is 490 g/mol. The smallest absolute Gasteiger partial charge is 0.341 e. The highest BCUT2D eigenvalue weighted by Crippen LogP contribution is 2.48. The number of ether oxygens (including phenoxy) is 2. The summed E-state index contributed by atoms with van der Waals surface area (Å²) in [6.45, 7) is 0.740. The molecule has 8 heteroatoms. The molecular formula is C31H41N5O3. The van der Waals surface area contributed by atoms with Gasteiger partial charge in [-0.15, -0.1) is 0 Å². The van der Waals surface area contributed by atoms with E-state index >= 15 is 0 Å². The molecule has 0 amide bonds. The maximum atomic E-state index is 12.5. The van der Waals surface area contributed by atoms with Crippen LogP contribution in [0.5, 0.6) is 5.75 Å². The normalized spacial score (nSPS) is 20.0. The monoisotopic (exact) mass is 531 g/mol. The lowest BCUT2D eigenvalue weighted by Crippen LogP contribution is -2.22. The second kappa shape index (κ2) is 13.3. The number of nitrogens with one attached hydrogen (secondary N) is 2. The molecule has 208 valence electrons. The molecule has 0 saturated heterocycles. The molecule has 2 aliphatic rings. The lowest BCUT2D eigenvalue weighted by Gasteiger charge is -2.21. The van der Waals surface area contributed by atoms with E-state index < -0.39 is 5.97 Å². The van der Waals surface area contributed by atoms with Gasteiger partial charge in [0.05, 0.1) is 19.3 Å². The van der Waals surface area contributed by atoms with Gasteiger partial charge in [-0.2, -0.15) is 0 Å². The van der Waals surface area contributed by atoms with Crippen LogP contribution >= 0.6 is 0 Å². The van der Waals surface area contributed by atoms with E-state index in [1.165, 1.54) is 44.2 Å². The summed E-state index contributed by atoms with van der Waals surface area (Å²) in [7, 11) is 3.02. The molecule has 6 N–H and O–H groups in total. The number of rotatable bonds is 12. The highest BCUT2D eigenvalue weighted by molar-refractivity contribution is 6.09. The minimum Gasteiger partial charge on any atom is -0.494 e. The number of nitrogens with two attached hydrogens (primary N) is 2. The number of hydrogen-bond donors (Lipinski definition) is 4. The molecule has 2 fully saturated rings. The van der Waals surface area contributed by atoms with Gasteiger partial charge in [0.25, 0.3) is 0 Å². The van der Waals surface area contributed by atoms with Crippen LogP contribution in [0, 0.1) is 23.2 Å². The molecule has 2 aromatic rings. The first-order chi connectivity index (χ1) is 18.9. The Morgan fingerprint density at radius 1 is 1.10 bits per heavy atom. The molecule has 4 rings (SSSR count). The van der Waals surface area contributed by atoms with Crippen LogP contribution in [0.1, 0.15) is 44.9 Å². The number of nitrogens with zero attached hydrogens (tertiary/aromatic N) is 1. The van der Waals surface area contributed by atoms with Crippen LogP contribution in [0.3, 0.4) is 0 Å². The summed E-state index contributed by atoms with van der Waals surface area (Å²) in [5.41, 5.74) is 10.5. The van der Waals surface area contributed by atoms with Crippen LogP contribution in [0.25, 0.3) is 11.1 Å². The van der Waals surface area contributed by atoms with Gasteiger partial charge in [-0.3, -0.25) is 0 Å². The Hall–Kier alpha value is -3.78. The van der Waals surface area contributed by atoms with Crippen molar-refractivity contribution in [2.24, 2.45) is 29.3 Å². The first kappa shape index (κ1) is 28.2. The Morgan fingerprint density at radius 2 is 1.82 bits per heavy atom. The summed E-state index contributed by atoms with van der Waals surface area (Å²) in [6, 6.07) is 16.1. The van der Waals surface area contributed by atoms with E-state index in [4.69, 9.17) is 26.5 Å². The number of carbonyl (C=O) groups is 1. The van der Waals surface area contributed by atoms with E-state index in [1.807, 2.05) is 36.4 Å². The van der Waals surface area contributed by atoms with Gasteiger partial charge in [0, 0.05) is 48.4 Å². The van der Waals surface area contributed by atoms with Gasteiger partial charge in [-0.1, -0.05) is 56.4 Å². The first-order valence-corrected chi connectivity index (χ1v) is 13.8. The summed E-state index contributed by atoms with van der Waals surface area (Å²) in [5.74, 6) is 6.79. The minimum atomic E-state index is -0.564. The SMILES string of the molecule is COC(=O)/C(C=N)=C(/Nc1cccc(-c2cccc(OCCC3CCCCC3)c2)c1)[C@@H]1CC1/C(N)=C/N(C)N. The highest BCUT2D eigenvalue weighted by Gasteiger charge is 2.44. The minimum absolute atomic E-state index is 0.0173. The number of methoxy groups -OCH3 is 1. The third kappa shape index (κ3) is 7.63. The van der Waals surface area contributed by atoms with Crippen LogP contribution < -0.4 is 21.6 Å². The molecule has 0 bridgehead atoms. The Morgan fingerprint density at radius 3 is 2.51 bits per heavy atom. The number of anilines is 1. The van der Waals surface area contributed by atoms with E-state index in [0.717, 1.165) is 54.1 Å². The molecule has 0 aliphatic heterocycles. The molecule has 0 radical (unpaired) electrons. The van der Waals surface area contributed by atoms with E-state index in [1.54, 1.807) is 13.2 Å². The second-order valence-corrected chi connectivity index (χ2v) is 10.6. The maximum Gasteiger partial charge on any atom is 0.341 e. The average Bonchev–Trinajstić information content (AvgIpc) is 3.74. The zero-order chi connectivity index (χ0) is 27.8. The van der Waals surface area contributed by atoms with Crippen LogP contribution in [0.2, 0.25) is 0 Å². The topological polar surface area (TPSA) is 127 Å². The fraction of sp³-hybridized carbons (Fsp3) is 0.419. The Kier molecular flexibility index (Phi) is 9.65. The van der Waals surface area contributed by atoms with E-state index in [-0.39, 0.29) is 17.4 Å². The molecule has 0 spiro atoms. The van der Waals surface area contributed by atoms with E-state index in [9.17, 15) is 4.79 Å². The number of esters is 1. The summed E-state index contributed by atoms with van der Waals surface area (Å²) in [6.07, 6.45) is 11.3. The third-order valence-corrected chi connectivity index (χ3v) is 7.61. The van der Waals surface area contributed by atoms with Crippen LogP contribution in [-0.2, 0) is 9.53 Å². The largest absolute Gasteiger partial charge is 0.494 e. The predicted molar refractivity (Wildman–Crippen MR) is 156 cm³/mol. The quantitative estimate of drug-likeness (QED) is 0.0945. The molecule has 2 aliphatic carbocycles. The molecule has 1 unspecified atom stereocenters. The van der Waals surface area contributed by atoms with Crippen molar-refractivity contribution in [3.63, 3.8) is 0 Å². The van der Waals surface area contributed by atoms with Crippen molar-refractivity contribution in [1.82, 2.24) is 5.01 Å². The van der Waals surface area contributed by atoms with Gasteiger partial charge in [0.1, 0.15) is 5.75 Å². The Balaban J connectivity index is 1.51. The van der Waals surface area contributed by atoms with Crippen molar-refractivity contribution < 1.29 is 14.3 Å². The van der Waals surface area contributed by atoms with E-state index in [2.05, 4.69) is 17.4 Å². The number of hydrogen-bond acceptors (Lipinski definition) is 8. The number of carbonyl (C=O) groups excluding carboxylic acids is 1. The van der Waals surface area contributed by atoms with Crippen molar-refractivity contribution in [3.05, 3.63) is 71.7 Å². The Bertz CT molecular complexity index is 1220. The predicted octanol–water partition coefficient (Wildman–Crippen LogP) is 5.43. The van der Waals surface area contributed by atoms with Gasteiger partial charge in [-0.25, -0.2) is 10.6 Å². The van der Waals surface area contributed by atoms with Crippen molar-refractivity contribution in [2.75, 3.05) is 26.1 Å². The first-order valence-electron chi connectivity index (χ1n) is 13.8. The van der Waals surface area contributed by atoms with Crippen LogP contribution in [-0.4, -0.2) is 38.0 Å². The molecule has 2 atom stereocenters. The van der Waals surface area contributed by atoms with Crippen molar-refractivity contribution >= 4 is 17.9 Å². The summed E-state index contributed by atoms with van der Waals surface area (Å²) < 4.78 is 11.1. The maximum absolute atomic E-state index is 12.5. The lowest BCUT2D eigenvalue weighted by molar-refractivity contribution is -0.135. The van der Waals surface area contributed by atoms with Gasteiger partial charge in [0.15, 0.2) is 0 Å².